The number of hydrogen-bond acceptors (Lipinski definition) is 7. The Hall–Kier alpha value is -4.17. The van der Waals surface area contributed by atoms with Gasteiger partial charge in [-0.25, -0.2) is 4.98 Å². The van der Waals surface area contributed by atoms with E-state index >= 15 is 0 Å². The van der Waals surface area contributed by atoms with Crippen LogP contribution in [0.3, 0.4) is 0 Å². The summed E-state index contributed by atoms with van der Waals surface area (Å²) >= 11 is 1.35. The first-order chi connectivity index (χ1) is 17.7. The molecule has 0 aliphatic carbocycles. The molecule has 0 spiro atoms. The summed E-state index contributed by atoms with van der Waals surface area (Å²) in [5.41, 5.74) is 4.72. The van der Waals surface area contributed by atoms with Crippen LogP contribution in [0.4, 0.5) is 10.8 Å². The van der Waals surface area contributed by atoms with Crippen LogP contribution >= 0.6 is 11.3 Å². The van der Waals surface area contributed by atoms with Gasteiger partial charge in [0.2, 0.25) is 0 Å². The molecule has 188 valence electrons. The van der Waals surface area contributed by atoms with Gasteiger partial charge in [0, 0.05) is 19.8 Å². The molecule has 1 unspecified atom stereocenters. The number of Topliss-reactive ketones (excluding diaryl/α,β-unsaturated/α-hetero) is 1. The van der Waals surface area contributed by atoms with Gasteiger partial charge in [-0.2, -0.15) is 0 Å². The third kappa shape index (κ3) is 4.23. The molecule has 1 amide bonds. The number of ether oxygens (including phenoxy) is 1. The first-order valence-electron chi connectivity index (χ1n) is 11.8. The lowest BCUT2D eigenvalue weighted by atomic mass is 9.94. The predicted octanol–water partition coefficient (Wildman–Crippen LogP) is 5.61. The van der Waals surface area contributed by atoms with Gasteiger partial charge in [-0.05, 0) is 61.4 Å². The van der Waals surface area contributed by atoms with Gasteiger partial charge in [-0.3, -0.25) is 14.5 Å². The summed E-state index contributed by atoms with van der Waals surface area (Å²) in [6.07, 6.45) is 0. The maximum absolute atomic E-state index is 13.5. The molecular weight excluding hydrogens is 486 g/mol. The van der Waals surface area contributed by atoms with Gasteiger partial charge >= 0.3 is 5.91 Å². The molecule has 3 aromatic carbocycles. The average Bonchev–Trinajstić information content (AvgIpc) is 3.41. The van der Waals surface area contributed by atoms with E-state index in [0.29, 0.717) is 22.0 Å². The number of aliphatic hydroxyl groups excluding tert-OH is 1. The van der Waals surface area contributed by atoms with Gasteiger partial charge in [-0.1, -0.05) is 41.2 Å². The van der Waals surface area contributed by atoms with Crippen LogP contribution in [0.5, 0.6) is 5.75 Å². The van der Waals surface area contributed by atoms with Crippen molar-refractivity contribution < 1.29 is 19.4 Å². The molecule has 5 rings (SSSR count). The normalized spacial score (nSPS) is 17.0. The van der Waals surface area contributed by atoms with Crippen LogP contribution in [0.2, 0.25) is 0 Å². The minimum absolute atomic E-state index is 0.00180. The monoisotopic (exact) mass is 513 g/mol. The van der Waals surface area contributed by atoms with E-state index in [9.17, 15) is 14.7 Å². The second kappa shape index (κ2) is 9.37. The van der Waals surface area contributed by atoms with Crippen molar-refractivity contribution in [3.8, 4) is 5.75 Å². The van der Waals surface area contributed by atoms with E-state index in [1.165, 1.54) is 23.3 Å². The van der Waals surface area contributed by atoms with Gasteiger partial charge in [-0.15, -0.1) is 0 Å². The smallest absolute Gasteiger partial charge is 0.301 e. The summed E-state index contributed by atoms with van der Waals surface area (Å²) in [5.74, 6) is -1.37. The highest BCUT2D eigenvalue weighted by Gasteiger charge is 2.48. The Bertz CT molecular complexity index is 1570. The Morgan fingerprint density at radius 2 is 1.68 bits per heavy atom. The molecule has 0 radical (unpaired) electrons. The molecule has 7 nitrogen and oxygen atoms in total. The second-order valence-corrected chi connectivity index (χ2v) is 10.3. The van der Waals surface area contributed by atoms with Gasteiger partial charge in [0.25, 0.3) is 5.78 Å². The number of aryl methyl sites for hydroxylation is 2. The zero-order valence-electron chi connectivity index (χ0n) is 21.3. The number of ketones is 1. The Morgan fingerprint density at radius 3 is 2.35 bits per heavy atom. The zero-order valence-corrected chi connectivity index (χ0v) is 22.1. The summed E-state index contributed by atoms with van der Waals surface area (Å²) < 4.78 is 6.38. The summed E-state index contributed by atoms with van der Waals surface area (Å²) in [6.45, 7) is 3.88. The highest BCUT2D eigenvalue weighted by atomic mass is 32.1. The van der Waals surface area contributed by atoms with Crippen LogP contribution in [-0.4, -0.2) is 43.0 Å². The van der Waals surface area contributed by atoms with Crippen molar-refractivity contribution in [3.63, 3.8) is 0 Å². The third-order valence-corrected chi connectivity index (χ3v) is 7.54. The van der Waals surface area contributed by atoms with Gasteiger partial charge < -0.3 is 14.7 Å². The molecule has 1 fully saturated rings. The van der Waals surface area contributed by atoms with Crippen LogP contribution < -0.4 is 14.5 Å². The quantitative estimate of drug-likeness (QED) is 0.212. The lowest BCUT2D eigenvalue weighted by Crippen LogP contribution is -2.29. The third-order valence-electron chi connectivity index (χ3n) is 6.52. The van der Waals surface area contributed by atoms with Crippen molar-refractivity contribution in [2.45, 2.75) is 19.9 Å². The number of rotatable bonds is 5. The van der Waals surface area contributed by atoms with Crippen molar-refractivity contribution >= 4 is 49.8 Å². The Kier molecular flexibility index (Phi) is 6.21. The molecule has 1 saturated heterocycles. The van der Waals surface area contributed by atoms with Crippen molar-refractivity contribution in [1.82, 2.24) is 4.98 Å². The molecule has 1 aromatic heterocycles. The zero-order chi connectivity index (χ0) is 26.4. The highest BCUT2D eigenvalue weighted by Crippen LogP contribution is 2.45. The molecule has 37 heavy (non-hydrogen) atoms. The van der Waals surface area contributed by atoms with Crippen LogP contribution in [0, 0.1) is 13.8 Å². The second-order valence-electron chi connectivity index (χ2n) is 9.33. The van der Waals surface area contributed by atoms with E-state index in [-0.39, 0.29) is 11.3 Å². The summed E-state index contributed by atoms with van der Waals surface area (Å²) in [5, 5.41) is 11.9. The maximum Gasteiger partial charge on any atom is 0.301 e. The number of thiazole rings is 1. The molecule has 2 heterocycles. The molecule has 1 aliphatic rings. The number of aliphatic hydroxyl groups is 1. The number of anilines is 2. The number of carbonyl (C=O) groups excluding carboxylic acids is 2. The van der Waals surface area contributed by atoms with Crippen molar-refractivity contribution in [1.29, 1.82) is 0 Å². The lowest BCUT2D eigenvalue weighted by Gasteiger charge is -2.24. The van der Waals surface area contributed by atoms with Crippen LogP contribution in [0.15, 0.2) is 66.2 Å². The first-order valence-corrected chi connectivity index (χ1v) is 12.6. The largest absolute Gasteiger partial charge is 0.507 e. The summed E-state index contributed by atoms with van der Waals surface area (Å²) in [7, 11) is 5.38. The summed E-state index contributed by atoms with van der Waals surface area (Å²) in [6, 6.07) is 17.9. The van der Waals surface area contributed by atoms with Crippen molar-refractivity contribution in [3.05, 3.63) is 88.5 Å². The SMILES string of the molecule is COc1ccc(C)cc1/C(O)=C1\C(=O)C(=O)N(c2nc3ccc(C)cc3s2)C1c1ccc(N(C)C)cc1. The van der Waals surface area contributed by atoms with E-state index in [0.717, 1.165) is 27.0 Å². The van der Waals surface area contributed by atoms with E-state index in [1.54, 1.807) is 12.1 Å². The van der Waals surface area contributed by atoms with Gasteiger partial charge in [0.1, 0.15) is 11.5 Å². The number of benzene rings is 3. The number of nitrogens with zero attached hydrogens (tertiary/aromatic N) is 3. The van der Waals surface area contributed by atoms with E-state index in [1.807, 2.05) is 81.4 Å². The Morgan fingerprint density at radius 1 is 1.00 bits per heavy atom. The van der Waals surface area contributed by atoms with Crippen molar-refractivity contribution in [2.24, 2.45) is 0 Å². The number of hydrogen-bond donors (Lipinski definition) is 1. The standard InChI is InChI=1S/C29H27N3O4S/c1-16-7-13-22(36-5)20(14-16)26(33)24-25(18-8-10-19(11-9-18)31(3)4)32(28(35)27(24)34)29-30-21-12-6-17(2)15-23(21)37-29/h6-15,25,33H,1-5H3/b26-24+. The number of fused-ring (bicyclic) bond motifs is 1. The highest BCUT2D eigenvalue weighted by molar-refractivity contribution is 7.22. The van der Waals surface area contributed by atoms with Crippen LogP contribution in [0.25, 0.3) is 16.0 Å². The van der Waals surface area contributed by atoms with Gasteiger partial charge in [0.05, 0.1) is 34.5 Å². The fraction of sp³-hybridized carbons (Fsp3) is 0.207. The van der Waals surface area contributed by atoms with E-state index in [2.05, 4.69) is 0 Å². The summed E-state index contributed by atoms with van der Waals surface area (Å²) in [4.78, 5) is 35.1. The molecule has 4 aromatic rings. The predicted molar refractivity (Wildman–Crippen MR) is 148 cm³/mol. The molecule has 1 N–H and O–H groups in total. The fourth-order valence-corrected chi connectivity index (χ4v) is 5.67. The van der Waals surface area contributed by atoms with Gasteiger partial charge in [0.15, 0.2) is 5.13 Å². The molecule has 1 aliphatic heterocycles. The number of carbonyl (C=O) groups is 2. The molecular formula is C29H27N3O4S. The lowest BCUT2D eigenvalue weighted by molar-refractivity contribution is -0.132. The topological polar surface area (TPSA) is 83.0 Å². The van der Waals surface area contributed by atoms with E-state index < -0.39 is 17.7 Å². The molecule has 0 bridgehead atoms. The molecule has 1 atom stereocenters. The average molecular weight is 514 g/mol. The number of amides is 1. The number of methoxy groups -OCH3 is 1. The maximum atomic E-state index is 13.5. The fourth-order valence-electron chi connectivity index (χ4n) is 4.57. The first kappa shape index (κ1) is 24.5. The van der Waals surface area contributed by atoms with E-state index in [4.69, 9.17) is 9.72 Å². The van der Waals surface area contributed by atoms with Crippen LogP contribution in [-0.2, 0) is 9.59 Å². The Labute approximate surface area is 219 Å². The minimum Gasteiger partial charge on any atom is -0.507 e. The number of aromatic nitrogens is 1. The molecule has 0 saturated carbocycles. The Balaban J connectivity index is 1.75. The van der Waals surface area contributed by atoms with Crippen molar-refractivity contribution in [2.75, 3.05) is 31.0 Å². The molecule has 8 heteroatoms. The minimum atomic E-state index is -0.858. The van der Waals surface area contributed by atoms with Crippen LogP contribution in [0.1, 0.15) is 28.3 Å².